The second kappa shape index (κ2) is 46.1. The zero-order valence-corrected chi connectivity index (χ0v) is 64.6. The molecule has 0 bridgehead atoms. The van der Waals surface area contributed by atoms with E-state index in [1.807, 2.05) is 0 Å². The fraction of sp³-hybridized carbons (Fsp3) is 0.852. The number of amidine groups is 3. The Kier molecular flexibility index (Phi) is 35.6. The average molecular weight is 1460 g/mol. The molecule has 9 fully saturated rings. The minimum absolute atomic E-state index is 0.0157. The largest absolute Gasteiger partial charge is 0.338 e. The summed E-state index contributed by atoms with van der Waals surface area (Å²) < 4.78 is 3.76. The van der Waals surface area contributed by atoms with Gasteiger partial charge in [-0.15, -0.1) is 0 Å². The van der Waals surface area contributed by atoms with Crippen LogP contribution in [0.25, 0.3) is 0 Å². The molecule has 588 valence electrons. The molecule has 0 radical (unpaired) electrons. The maximum atomic E-state index is 14.5. The van der Waals surface area contributed by atoms with Crippen LogP contribution in [0.2, 0.25) is 0 Å². The number of aromatic nitrogens is 3. The molecule has 10 rings (SSSR count). The monoisotopic (exact) mass is 1460 g/mol. The fourth-order valence-corrected chi connectivity index (χ4v) is 17.5. The van der Waals surface area contributed by atoms with Gasteiger partial charge in [0, 0.05) is 57.4 Å². The summed E-state index contributed by atoms with van der Waals surface area (Å²) in [6.07, 6.45) is 55.1. The minimum atomic E-state index is -0.591. The number of hydrogen-bond donors (Lipinski definition) is 3. The number of rotatable bonds is 30. The van der Waals surface area contributed by atoms with Crippen LogP contribution in [0.3, 0.4) is 0 Å². The Balaban J connectivity index is 0.757. The predicted molar refractivity (Wildman–Crippen MR) is 419 cm³/mol. The number of carbonyl (C=O) groups excluding carboxylic acids is 3. The molecule has 0 aliphatic heterocycles. The van der Waals surface area contributed by atoms with Crippen LogP contribution >= 0.6 is 0 Å². The molecule has 9 aliphatic carbocycles. The maximum Gasteiger partial charge on any atom is 0.336 e. The van der Waals surface area contributed by atoms with E-state index in [-0.39, 0.29) is 74.0 Å². The third kappa shape index (κ3) is 26.8. The highest BCUT2D eigenvalue weighted by Crippen LogP contribution is 2.31. The van der Waals surface area contributed by atoms with E-state index in [9.17, 15) is 28.8 Å². The summed E-state index contributed by atoms with van der Waals surface area (Å²) >= 11 is 0. The molecule has 0 spiro atoms. The molecule has 0 saturated heterocycles. The first-order valence-electron chi connectivity index (χ1n) is 43.2. The van der Waals surface area contributed by atoms with Gasteiger partial charge in [-0.2, -0.15) is 0 Å². The predicted octanol–water partition coefficient (Wildman–Crippen LogP) is 17.0. The number of nitrogens with one attached hydrogen (secondary N) is 3. The van der Waals surface area contributed by atoms with E-state index < -0.39 is 17.1 Å². The molecule has 24 nitrogen and oxygen atoms in total. The molecule has 1 aromatic heterocycles. The lowest BCUT2D eigenvalue weighted by Crippen LogP contribution is -2.54. The van der Waals surface area contributed by atoms with Crippen LogP contribution < -0.4 is 33.0 Å². The normalized spacial score (nSPS) is 20.8. The van der Waals surface area contributed by atoms with E-state index in [1.165, 1.54) is 52.2 Å². The second-order valence-electron chi connectivity index (χ2n) is 32.3. The fourth-order valence-electron chi connectivity index (χ4n) is 17.5. The molecular weight excluding hydrogens is 1330 g/mol. The van der Waals surface area contributed by atoms with Crippen molar-refractivity contribution in [1.29, 1.82) is 0 Å². The van der Waals surface area contributed by atoms with Gasteiger partial charge in [-0.3, -0.25) is 0 Å². The third-order valence-corrected chi connectivity index (χ3v) is 23.9. The van der Waals surface area contributed by atoms with Crippen LogP contribution in [-0.2, 0) is 34.1 Å². The highest BCUT2D eigenvalue weighted by Gasteiger charge is 2.36. The van der Waals surface area contributed by atoms with Crippen molar-refractivity contribution in [1.82, 2.24) is 44.4 Å². The number of hydrogen-bond acceptors (Lipinski definition) is 15. The molecule has 24 heteroatoms. The van der Waals surface area contributed by atoms with Crippen LogP contribution in [0.4, 0.5) is 14.4 Å². The highest BCUT2D eigenvalue weighted by molar-refractivity contribution is 5.96. The van der Waals surface area contributed by atoms with Gasteiger partial charge in [-0.25, -0.2) is 72.1 Å². The van der Waals surface area contributed by atoms with Crippen LogP contribution in [0.15, 0.2) is 44.8 Å². The molecule has 1 aromatic rings. The smallest absolute Gasteiger partial charge is 0.336 e. The summed E-state index contributed by atoms with van der Waals surface area (Å²) in [5, 5.41) is 23.6. The van der Waals surface area contributed by atoms with E-state index >= 15 is 0 Å². The molecule has 6 amide bonds. The van der Waals surface area contributed by atoms with Crippen molar-refractivity contribution in [3.63, 3.8) is 0 Å². The van der Waals surface area contributed by atoms with Crippen molar-refractivity contribution in [2.45, 2.75) is 422 Å². The van der Waals surface area contributed by atoms with Crippen LogP contribution in [-0.4, -0.2) is 138 Å². The van der Waals surface area contributed by atoms with Crippen molar-refractivity contribution in [3.05, 3.63) is 31.5 Å². The first-order valence-corrected chi connectivity index (χ1v) is 43.2. The van der Waals surface area contributed by atoms with Crippen molar-refractivity contribution >= 4 is 53.3 Å². The van der Waals surface area contributed by atoms with Crippen LogP contribution in [0, 0.1) is 0 Å². The number of amides is 6. The standard InChI is InChI=1S/C81H135N15O9/c97-73(94(70-52-28-13-29-53-70)76(85-64-40-16-7-17-41-64)103-88-67-46-22-10-23-47-67)82-58-34-1-4-37-61-91-79(100)92(62-38-5-2-35-59-83-74(98)95(71-54-30-14-31-55-71)77(86-65-42-18-8-19-43-65)104-89-68-48-24-11-25-49-68)81(102)93(80(91)101)63-39-6-3-36-60-84-75(99)96(72-56-32-15-33-57-72)78(87-66-44-20-9-21-45-66)105-90-69-50-26-12-27-51-69/h64-66,70-72H,1-63H2,(H,82,97)(H,83,98)(H,84,99)/b85-76-,86-77-,87-78-. The Morgan fingerprint density at radius 2 is 0.514 bits per heavy atom. The van der Waals surface area contributed by atoms with Crippen molar-refractivity contribution in [3.8, 4) is 0 Å². The lowest BCUT2D eigenvalue weighted by Gasteiger charge is -2.34. The molecule has 9 saturated carbocycles. The van der Waals surface area contributed by atoms with E-state index in [0.29, 0.717) is 95.5 Å². The van der Waals surface area contributed by atoms with E-state index in [4.69, 9.17) is 29.5 Å². The summed E-state index contributed by atoms with van der Waals surface area (Å²) in [6.45, 7) is 1.82. The molecule has 0 aromatic carbocycles. The van der Waals surface area contributed by atoms with Crippen molar-refractivity contribution < 1.29 is 28.9 Å². The van der Waals surface area contributed by atoms with Crippen LogP contribution in [0.1, 0.15) is 366 Å². The summed E-state index contributed by atoms with van der Waals surface area (Å²) in [5.74, 6) is 0. The van der Waals surface area contributed by atoms with E-state index in [0.717, 1.165) is 287 Å². The van der Waals surface area contributed by atoms with Gasteiger partial charge in [0.15, 0.2) is 0 Å². The lowest BCUT2D eigenvalue weighted by molar-refractivity contribution is 0.164. The van der Waals surface area contributed by atoms with E-state index in [2.05, 4.69) is 31.4 Å². The van der Waals surface area contributed by atoms with Crippen molar-refractivity contribution in [2.75, 3.05) is 19.6 Å². The van der Waals surface area contributed by atoms with Gasteiger partial charge in [0.2, 0.25) is 0 Å². The zero-order valence-electron chi connectivity index (χ0n) is 64.6. The topological polar surface area (TPSA) is 265 Å². The molecule has 0 unspecified atom stereocenters. The number of nitrogens with zero attached hydrogens (tertiary/aromatic N) is 12. The Morgan fingerprint density at radius 3 is 0.762 bits per heavy atom. The van der Waals surface area contributed by atoms with Gasteiger partial charge in [0.1, 0.15) is 0 Å². The van der Waals surface area contributed by atoms with Crippen LogP contribution in [0.5, 0.6) is 0 Å². The molecule has 3 N–H and O–H groups in total. The number of oxime groups is 3. The Hall–Kier alpha value is -6.36. The quantitative estimate of drug-likeness (QED) is 0.0286. The first-order chi connectivity index (χ1) is 51.7. The number of unbranched alkanes of at least 4 members (excludes halogenated alkanes) is 9. The highest BCUT2D eigenvalue weighted by atomic mass is 16.7. The third-order valence-electron chi connectivity index (χ3n) is 23.9. The Labute approximate surface area is 627 Å². The van der Waals surface area contributed by atoms with Gasteiger partial charge >= 0.3 is 53.2 Å². The SMILES string of the molecule is O=C(NCCCCCCn1c(=O)n(CCCCCCNC(=O)N(/C(=N/C2CCCCC2)ON=C2CCCCC2)C2CCCCC2)c(=O)n(CCCCCCNC(=O)N(/C(=N/C2CCCCC2)ON=C2CCCCC2)C2CCCCC2)c1=O)N(/C(=N/C1CCCCC1)ON=C1CCCCC1)C1CCCCC1. The van der Waals surface area contributed by atoms with Gasteiger partial charge in [0.05, 0.1) is 35.3 Å². The lowest BCUT2D eigenvalue weighted by atomic mass is 9.94. The van der Waals surface area contributed by atoms with Gasteiger partial charge < -0.3 is 30.5 Å². The molecular formula is C81H135N15O9. The summed E-state index contributed by atoms with van der Waals surface area (Å²) in [4.78, 5) is 126. The summed E-state index contributed by atoms with van der Waals surface area (Å²) in [5.41, 5.74) is 1.35. The van der Waals surface area contributed by atoms with Crippen molar-refractivity contribution in [2.24, 2.45) is 30.4 Å². The molecule has 9 aliphatic rings. The Bertz CT molecular complexity index is 2790. The first kappa shape index (κ1) is 81.2. The zero-order chi connectivity index (χ0) is 72.9. The van der Waals surface area contributed by atoms with E-state index in [1.54, 1.807) is 14.7 Å². The maximum absolute atomic E-state index is 14.5. The average Bonchev–Trinajstić information content (AvgIpc) is 0.782. The minimum Gasteiger partial charge on any atom is -0.338 e. The second-order valence-corrected chi connectivity index (χ2v) is 32.3. The van der Waals surface area contributed by atoms with Gasteiger partial charge in [-0.1, -0.05) is 189 Å². The molecule has 105 heavy (non-hydrogen) atoms. The van der Waals surface area contributed by atoms with Gasteiger partial charge in [0.25, 0.3) is 0 Å². The number of carbonyl (C=O) groups is 3. The number of aliphatic imine (C=N–C) groups is 3. The molecule has 1 heterocycles. The van der Waals surface area contributed by atoms with Gasteiger partial charge in [-0.05, 0) is 193 Å². The number of urea groups is 3. The summed E-state index contributed by atoms with van der Waals surface area (Å²) in [7, 11) is 0. The summed E-state index contributed by atoms with van der Waals surface area (Å²) in [6, 6.07) is 0.677. The molecule has 0 atom stereocenters. The Morgan fingerprint density at radius 1 is 0.295 bits per heavy atom.